The fourth-order valence-electron chi connectivity index (χ4n) is 1.82. The zero-order valence-electron chi connectivity index (χ0n) is 14.8. The van der Waals surface area contributed by atoms with E-state index in [0.717, 1.165) is 17.4 Å². The molecular formula is C21H31Cl. The summed E-state index contributed by atoms with van der Waals surface area (Å²) in [7, 11) is 0. The summed E-state index contributed by atoms with van der Waals surface area (Å²) < 4.78 is 0. The van der Waals surface area contributed by atoms with Crippen LogP contribution in [0, 0.1) is 5.92 Å². The molecule has 0 aliphatic carbocycles. The molecule has 2 aromatic carbocycles. The summed E-state index contributed by atoms with van der Waals surface area (Å²) in [5, 5.41) is 0.812. The maximum absolute atomic E-state index is 5.67. The lowest BCUT2D eigenvalue weighted by Gasteiger charge is -2.03. The molecule has 0 aromatic heterocycles. The van der Waals surface area contributed by atoms with Crippen LogP contribution in [-0.4, -0.2) is 0 Å². The van der Waals surface area contributed by atoms with Gasteiger partial charge in [0.25, 0.3) is 0 Å². The van der Waals surface area contributed by atoms with Crippen LogP contribution in [0.4, 0.5) is 0 Å². The summed E-state index contributed by atoms with van der Waals surface area (Å²) in [5.41, 5.74) is 2.79. The highest BCUT2D eigenvalue weighted by atomic mass is 35.5. The Morgan fingerprint density at radius 3 is 1.82 bits per heavy atom. The molecule has 2 rings (SSSR count). The summed E-state index contributed by atoms with van der Waals surface area (Å²) in [6.45, 7) is 10.7. The largest absolute Gasteiger partial charge is 0.0843 e. The molecule has 22 heavy (non-hydrogen) atoms. The van der Waals surface area contributed by atoms with Gasteiger partial charge in [-0.25, -0.2) is 0 Å². The average molecular weight is 319 g/mol. The van der Waals surface area contributed by atoms with Gasteiger partial charge in [-0.15, -0.1) is 0 Å². The first kappa shape index (κ1) is 20.7. The third-order valence-electron chi connectivity index (χ3n) is 3.17. The molecule has 0 saturated carbocycles. The van der Waals surface area contributed by atoms with Crippen LogP contribution in [0.3, 0.4) is 0 Å². The van der Waals surface area contributed by atoms with Crippen LogP contribution in [0.1, 0.15) is 52.2 Å². The first-order chi connectivity index (χ1) is 10.6. The summed E-state index contributed by atoms with van der Waals surface area (Å²) >= 11 is 5.67. The molecule has 0 atom stereocenters. The topological polar surface area (TPSA) is 0 Å². The molecule has 0 fully saturated rings. The van der Waals surface area contributed by atoms with Crippen molar-refractivity contribution >= 4 is 11.6 Å². The number of hydrogen-bond donors (Lipinski definition) is 0. The molecule has 2 aromatic rings. The number of aryl methyl sites for hydroxylation is 2. The lowest BCUT2D eigenvalue weighted by atomic mass is 10.0. The van der Waals surface area contributed by atoms with E-state index in [2.05, 4.69) is 51.1 Å². The molecule has 0 amide bonds. The zero-order valence-corrected chi connectivity index (χ0v) is 15.5. The van der Waals surface area contributed by atoms with E-state index in [0.29, 0.717) is 0 Å². The molecule has 0 unspecified atom stereocenters. The van der Waals surface area contributed by atoms with Crippen molar-refractivity contribution in [2.45, 2.75) is 53.9 Å². The molecule has 0 spiro atoms. The number of benzene rings is 2. The second kappa shape index (κ2) is 13.4. The Hall–Kier alpha value is -1.27. The first-order valence-electron chi connectivity index (χ1n) is 8.40. The van der Waals surface area contributed by atoms with E-state index in [4.69, 9.17) is 11.6 Å². The van der Waals surface area contributed by atoms with Crippen molar-refractivity contribution in [2.75, 3.05) is 0 Å². The third-order valence-corrected chi connectivity index (χ3v) is 3.43. The van der Waals surface area contributed by atoms with Crippen molar-refractivity contribution in [3.63, 3.8) is 0 Å². The molecule has 0 bridgehead atoms. The molecule has 0 N–H and O–H groups in total. The van der Waals surface area contributed by atoms with Crippen molar-refractivity contribution in [1.82, 2.24) is 0 Å². The Morgan fingerprint density at radius 1 is 0.818 bits per heavy atom. The van der Waals surface area contributed by atoms with Gasteiger partial charge < -0.3 is 0 Å². The van der Waals surface area contributed by atoms with Gasteiger partial charge in [0, 0.05) is 5.02 Å². The molecule has 122 valence electrons. The van der Waals surface area contributed by atoms with Gasteiger partial charge in [-0.05, 0) is 48.4 Å². The molecule has 0 nitrogen and oxygen atoms in total. The van der Waals surface area contributed by atoms with E-state index in [1.165, 1.54) is 24.0 Å². The Bertz CT molecular complexity index is 457. The predicted octanol–water partition coefficient (Wildman–Crippen LogP) is 7.20. The van der Waals surface area contributed by atoms with Gasteiger partial charge in [0.2, 0.25) is 0 Å². The van der Waals surface area contributed by atoms with E-state index in [1.54, 1.807) is 0 Å². The van der Waals surface area contributed by atoms with Gasteiger partial charge in [0.15, 0.2) is 0 Å². The molecule has 1 heteroatoms. The third kappa shape index (κ3) is 10.5. The molecule has 0 heterocycles. The van der Waals surface area contributed by atoms with Crippen molar-refractivity contribution in [3.05, 3.63) is 70.7 Å². The van der Waals surface area contributed by atoms with E-state index in [-0.39, 0.29) is 0 Å². The summed E-state index contributed by atoms with van der Waals surface area (Å²) in [6, 6.07) is 18.6. The maximum Gasteiger partial charge on any atom is 0.0406 e. The lowest BCUT2D eigenvalue weighted by molar-refractivity contribution is 0.587. The van der Waals surface area contributed by atoms with Gasteiger partial charge in [-0.2, -0.15) is 0 Å². The van der Waals surface area contributed by atoms with Gasteiger partial charge in [-0.1, -0.05) is 88.7 Å². The second-order valence-corrected chi connectivity index (χ2v) is 5.83. The minimum Gasteiger partial charge on any atom is -0.0843 e. The van der Waals surface area contributed by atoms with Crippen molar-refractivity contribution < 1.29 is 0 Å². The van der Waals surface area contributed by atoms with Crippen LogP contribution in [0.25, 0.3) is 0 Å². The Morgan fingerprint density at radius 2 is 1.36 bits per heavy atom. The second-order valence-electron chi connectivity index (χ2n) is 5.40. The zero-order chi connectivity index (χ0) is 16.8. The standard InChI is InChI=1S/C11H16.C8H9Cl.C2H6/c1-10(2)8-9-11-6-4-3-5-7-11;1-2-7-3-5-8(9)6-4-7;1-2/h3-7,10H,8-9H2,1-2H3;3-6H,2H2,1H3;1-2H3. The smallest absolute Gasteiger partial charge is 0.0406 e. The van der Waals surface area contributed by atoms with Gasteiger partial charge >= 0.3 is 0 Å². The monoisotopic (exact) mass is 318 g/mol. The highest BCUT2D eigenvalue weighted by molar-refractivity contribution is 6.30. The predicted molar refractivity (Wildman–Crippen MR) is 102 cm³/mol. The van der Waals surface area contributed by atoms with Crippen LogP contribution in [0.15, 0.2) is 54.6 Å². The van der Waals surface area contributed by atoms with E-state index >= 15 is 0 Å². The van der Waals surface area contributed by atoms with Crippen LogP contribution in [0.5, 0.6) is 0 Å². The fourth-order valence-corrected chi connectivity index (χ4v) is 1.95. The highest BCUT2D eigenvalue weighted by Gasteiger charge is 1.94. The van der Waals surface area contributed by atoms with Crippen LogP contribution >= 0.6 is 11.6 Å². The van der Waals surface area contributed by atoms with Gasteiger partial charge in [-0.3, -0.25) is 0 Å². The van der Waals surface area contributed by atoms with Crippen LogP contribution < -0.4 is 0 Å². The van der Waals surface area contributed by atoms with Crippen molar-refractivity contribution in [3.8, 4) is 0 Å². The molecule has 0 aliphatic heterocycles. The Balaban J connectivity index is 0.000000366. The molecule has 0 radical (unpaired) electrons. The van der Waals surface area contributed by atoms with E-state index in [1.807, 2.05) is 38.1 Å². The Kier molecular flexibility index (Phi) is 12.6. The normalized spacial score (nSPS) is 9.41. The quantitative estimate of drug-likeness (QED) is 0.559. The minimum atomic E-state index is 0.812. The average Bonchev–Trinajstić information content (AvgIpc) is 2.57. The molecule has 0 saturated heterocycles. The van der Waals surface area contributed by atoms with Crippen LogP contribution in [-0.2, 0) is 12.8 Å². The highest BCUT2D eigenvalue weighted by Crippen LogP contribution is 2.09. The number of rotatable bonds is 4. The number of halogens is 1. The SMILES string of the molecule is CC.CC(C)CCc1ccccc1.CCc1ccc(Cl)cc1. The summed E-state index contributed by atoms with van der Waals surface area (Å²) in [4.78, 5) is 0. The summed E-state index contributed by atoms with van der Waals surface area (Å²) in [6.07, 6.45) is 3.60. The minimum absolute atomic E-state index is 0.812. The van der Waals surface area contributed by atoms with Crippen LogP contribution in [0.2, 0.25) is 5.02 Å². The van der Waals surface area contributed by atoms with Gasteiger partial charge in [0.05, 0.1) is 0 Å². The number of hydrogen-bond acceptors (Lipinski definition) is 0. The van der Waals surface area contributed by atoms with Gasteiger partial charge in [0.1, 0.15) is 0 Å². The van der Waals surface area contributed by atoms with E-state index in [9.17, 15) is 0 Å². The Labute approximate surface area is 142 Å². The molecular weight excluding hydrogens is 288 g/mol. The lowest BCUT2D eigenvalue weighted by Crippen LogP contribution is -1.91. The molecule has 0 aliphatic rings. The first-order valence-corrected chi connectivity index (χ1v) is 8.78. The summed E-state index contributed by atoms with van der Waals surface area (Å²) in [5.74, 6) is 0.815. The fraction of sp³-hybridized carbons (Fsp3) is 0.429. The van der Waals surface area contributed by atoms with Crippen molar-refractivity contribution in [1.29, 1.82) is 0 Å². The van der Waals surface area contributed by atoms with E-state index < -0.39 is 0 Å². The maximum atomic E-state index is 5.67. The van der Waals surface area contributed by atoms with Crippen molar-refractivity contribution in [2.24, 2.45) is 5.92 Å².